The van der Waals surface area contributed by atoms with Crippen LogP contribution in [0.25, 0.3) is 6.08 Å². The van der Waals surface area contributed by atoms with Gasteiger partial charge in [0.25, 0.3) is 5.91 Å². The zero-order chi connectivity index (χ0) is 15.3. The van der Waals surface area contributed by atoms with Crippen molar-refractivity contribution in [2.45, 2.75) is 13.0 Å². The fourth-order valence-corrected chi connectivity index (χ4v) is 1.66. The molecule has 1 amide bonds. The molecule has 6 heteroatoms. The monoisotopic (exact) mass is 281 g/mol. The molecule has 0 heterocycles. The Balaban J connectivity index is 2.91. The number of carbonyl (C=O) groups excluding carboxylic acids is 1. The lowest BCUT2D eigenvalue weighted by Crippen LogP contribution is -2.33. The summed E-state index contributed by atoms with van der Waals surface area (Å²) in [6.07, 6.45) is 1.26. The minimum atomic E-state index is -1.18. The second-order valence-electron chi connectivity index (χ2n) is 4.44. The van der Waals surface area contributed by atoms with Gasteiger partial charge in [-0.25, -0.2) is 9.18 Å². The zero-order valence-corrected chi connectivity index (χ0v) is 11.2. The van der Waals surface area contributed by atoms with Gasteiger partial charge in [0.15, 0.2) is 0 Å². The first-order chi connectivity index (χ1) is 9.31. The van der Waals surface area contributed by atoms with Crippen molar-refractivity contribution in [3.05, 3.63) is 41.2 Å². The van der Waals surface area contributed by atoms with Gasteiger partial charge in [0, 0.05) is 30.8 Å². The Hall–Kier alpha value is -2.21. The van der Waals surface area contributed by atoms with Gasteiger partial charge in [0.1, 0.15) is 5.82 Å². The van der Waals surface area contributed by atoms with Crippen LogP contribution >= 0.6 is 0 Å². The lowest BCUT2D eigenvalue weighted by molar-refractivity contribution is -0.131. The molecule has 20 heavy (non-hydrogen) atoms. The van der Waals surface area contributed by atoms with E-state index in [1.54, 1.807) is 6.92 Å². The second kappa shape index (κ2) is 6.81. The van der Waals surface area contributed by atoms with Crippen molar-refractivity contribution in [3.8, 4) is 0 Å². The summed E-state index contributed by atoms with van der Waals surface area (Å²) >= 11 is 0. The standard InChI is InChI=1S/C14H16FNO4/c1-9(17)8-16(2)14(20)11-4-3-10(12(15)7-11)5-6-13(18)19/h3-7,9,17H,8H2,1-2H3,(H,18,19). The van der Waals surface area contributed by atoms with E-state index in [0.29, 0.717) is 0 Å². The molecule has 1 atom stereocenters. The summed E-state index contributed by atoms with van der Waals surface area (Å²) in [6, 6.07) is 3.78. The van der Waals surface area contributed by atoms with Crippen LogP contribution < -0.4 is 0 Å². The molecule has 108 valence electrons. The first-order valence-corrected chi connectivity index (χ1v) is 5.95. The van der Waals surface area contributed by atoms with E-state index < -0.39 is 23.8 Å². The Morgan fingerprint density at radius 2 is 2.10 bits per heavy atom. The molecule has 1 unspecified atom stereocenters. The van der Waals surface area contributed by atoms with Gasteiger partial charge >= 0.3 is 5.97 Å². The van der Waals surface area contributed by atoms with Gasteiger partial charge in [0.05, 0.1) is 6.10 Å². The van der Waals surface area contributed by atoms with Gasteiger partial charge in [-0.05, 0) is 25.1 Å². The quantitative estimate of drug-likeness (QED) is 0.799. The van der Waals surface area contributed by atoms with Crippen LogP contribution in [0.4, 0.5) is 4.39 Å². The first-order valence-electron chi connectivity index (χ1n) is 5.95. The highest BCUT2D eigenvalue weighted by molar-refractivity contribution is 5.94. The minimum Gasteiger partial charge on any atom is -0.478 e. The number of rotatable bonds is 5. The number of carboxylic acids is 1. The van der Waals surface area contributed by atoms with Crippen LogP contribution in [-0.2, 0) is 4.79 Å². The minimum absolute atomic E-state index is 0.0853. The van der Waals surface area contributed by atoms with Crippen molar-refractivity contribution in [1.82, 2.24) is 4.90 Å². The highest BCUT2D eigenvalue weighted by Gasteiger charge is 2.14. The van der Waals surface area contributed by atoms with E-state index in [0.717, 1.165) is 18.2 Å². The molecule has 0 bridgehead atoms. The molecule has 1 aromatic carbocycles. The molecule has 0 aromatic heterocycles. The zero-order valence-electron chi connectivity index (χ0n) is 11.2. The van der Waals surface area contributed by atoms with Crippen molar-refractivity contribution in [1.29, 1.82) is 0 Å². The SMILES string of the molecule is CC(O)CN(C)C(=O)c1ccc(C=CC(=O)O)c(F)c1. The summed E-state index contributed by atoms with van der Waals surface area (Å²) in [6.45, 7) is 1.69. The largest absolute Gasteiger partial charge is 0.478 e. The average Bonchev–Trinajstić information content (AvgIpc) is 2.35. The third-order valence-electron chi connectivity index (χ3n) is 2.54. The third kappa shape index (κ3) is 4.47. The fourth-order valence-electron chi connectivity index (χ4n) is 1.66. The molecule has 1 rings (SSSR count). The highest BCUT2D eigenvalue weighted by Crippen LogP contribution is 2.14. The number of benzene rings is 1. The lowest BCUT2D eigenvalue weighted by atomic mass is 10.1. The summed E-state index contributed by atoms with van der Waals surface area (Å²) in [5.41, 5.74) is 0.222. The van der Waals surface area contributed by atoms with E-state index in [4.69, 9.17) is 5.11 Å². The maximum Gasteiger partial charge on any atom is 0.328 e. The molecule has 0 saturated carbocycles. The number of nitrogens with zero attached hydrogens (tertiary/aromatic N) is 1. The van der Waals surface area contributed by atoms with E-state index in [-0.39, 0.29) is 17.7 Å². The number of carbonyl (C=O) groups is 2. The third-order valence-corrected chi connectivity index (χ3v) is 2.54. The number of aliphatic carboxylic acids is 1. The summed E-state index contributed by atoms with van der Waals surface area (Å²) < 4.78 is 13.7. The molecular formula is C14H16FNO4. The average molecular weight is 281 g/mol. The van der Waals surface area contributed by atoms with E-state index >= 15 is 0 Å². The van der Waals surface area contributed by atoms with Crippen LogP contribution in [0.3, 0.4) is 0 Å². The van der Waals surface area contributed by atoms with Crippen LogP contribution in [0.1, 0.15) is 22.8 Å². The van der Waals surface area contributed by atoms with Crippen LogP contribution in [0.15, 0.2) is 24.3 Å². The number of amides is 1. The Morgan fingerprint density at radius 3 is 2.60 bits per heavy atom. The Bertz CT molecular complexity index is 540. The van der Waals surface area contributed by atoms with Crippen molar-refractivity contribution in [2.24, 2.45) is 0 Å². The highest BCUT2D eigenvalue weighted by atomic mass is 19.1. The van der Waals surface area contributed by atoms with Crippen LogP contribution in [0, 0.1) is 5.82 Å². The van der Waals surface area contributed by atoms with E-state index in [1.807, 2.05) is 0 Å². The summed E-state index contributed by atoms with van der Waals surface area (Å²) in [5, 5.41) is 17.7. The van der Waals surface area contributed by atoms with Gasteiger partial charge in [-0.3, -0.25) is 4.79 Å². The summed E-state index contributed by atoms with van der Waals surface area (Å²) in [4.78, 5) is 23.6. The number of likely N-dealkylation sites (N-methyl/N-ethyl adjacent to an activating group) is 1. The predicted octanol–water partition coefficient (Wildman–Crippen LogP) is 1.38. The molecule has 1 aromatic rings. The Labute approximate surface area is 115 Å². The van der Waals surface area contributed by atoms with Gasteiger partial charge in [0.2, 0.25) is 0 Å². The van der Waals surface area contributed by atoms with Crippen molar-refractivity contribution < 1.29 is 24.2 Å². The molecular weight excluding hydrogens is 265 g/mol. The number of hydrogen-bond acceptors (Lipinski definition) is 3. The molecule has 5 nitrogen and oxygen atoms in total. The van der Waals surface area contributed by atoms with Crippen LogP contribution in [-0.4, -0.2) is 46.7 Å². The van der Waals surface area contributed by atoms with E-state index in [1.165, 1.54) is 24.1 Å². The maximum atomic E-state index is 13.7. The lowest BCUT2D eigenvalue weighted by Gasteiger charge is -2.18. The van der Waals surface area contributed by atoms with Gasteiger partial charge in [-0.2, -0.15) is 0 Å². The molecule has 0 radical (unpaired) electrons. The van der Waals surface area contributed by atoms with Crippen molar-refractivity contribution in [3.63, 3.8) is 0 Å². The summed E-state index contributed by atoms with van der Waals surface area (Å²) in [7, 11) is 1.51. The molecule has 2 N–H and O–H groups in total. The normalized spacial score (nSPS) is 12.4. The smallest absolute Gasteiger partial charge is 0.328 e. The Kier molecular flexibility index (Phi) is 5.40. The number of hydrogen-bond donors (Lipinski definition) is 2. The topological polar surface area (TPSA) is 77.8 Å². The fraction of sp³-hybridized carbons (Fsp3) is 0.286. The number of aliphatic hydroxyl groups is 1. The second-order valence-corrected chi connectivity index (χ2v) is 4.44. The number of halogens is 1. The maximum absolute atomic E-state index is 13.7. The first kappa shape index (κ1) is 15.8. The van der Waals surface area contributed by atoms with Crippen LogP contribution in [0.2, 0.25) is 0 Å². The number of aliphatic hydroxyl groups excluding tert-OH is 1. The molecule has 0 aliphatic heterocycles. The number of carboxylic acid groups (broad SMARTS) is 1. The van der Waals surface area contributed by atoms with Gasteiger partial charge in [-0.15, -0.1) is 0 Å². The van der Waals surface area contributed by atoms with Gasteiger partial charge in [-0.1, -0.05) is 6.07 Å². The molecule has 0 aliphatic rings. The molecule has 0 fully saturated rings. The van der Waals surface area contributed by atoms with Gasteiger partial charge < -0.3 is 15.1 Å². The molecule has 0 aliphatic carbocycles. The molecule has 0 saturated heterocycles. The summed E-state index contributed by atoms with van der Waals surface area (Å²) in [5.74, 6) is -2.28. The van der Waals surface area contributed by atoms with Crippen molar-refractivity contribution in [2.75, 3.05) is 13.6 Å². The molecule has 0 spiro atoms. The van der Waals surface area contributed by atoms with Crippen LogP contribution in [0.5, 0.6) is 0 Å². The van der Waals surface area contributed by atoms with Crippen molar-refractivity contribution >= 4 is 18.0 Å². The Morgan fingerprint density at radius 1 is 1.45 bits per heavy atom. The van der Waals surface area contributed by atoms with E-state index in [2.05, 4.69) is 0 Å². The predicted molar refractivity (Wildman–Crippen MR) is 71.7 cm³/mol. The van der Waals surface area contributed by atoms with E-state index in [9.17, 15) is 19.1 Å².